The maximum absolute atomic E-state index is 13.1. The fraction of sp³-hybridized carbons (Fsp3) is 0.185. The van der Waals surface area contributed by atoms with Crippen LogP contribution >= 0.6 is 15.9 Å². The molecule has 1 unspecified atom stereocenters. The number of carbonyl (C=O) groups excluding carboxylic acids is 2. The highest BCUT2D eigenvalue weighted by Crippen LogP contribution is 2.39. The number of ketones is 1. The maximum atomic E-state index is 13.1. The van der Waals surface area contributed by atoms with Crippen molar-refractivity contribution in [2.45, 2.75) is 19.4 Å². The third-order valence-corrected chi connectivity index (χ3v) is 6.78. The molecule has 5 nitrogen and oxygen atoms in total. The number of aliphatic hydroxyl groups excluding tert-OH is 1. The van der Waals surface area contributed by atoms with Gasteiger partial charge in [-0.3, -0.25) is 9.59 Å². The zero-order valence-corrected chi connectivity index (χ0v) is 20.0. The third-order valence-electron chi connectivity index (χ3n) is 5.89. The summed E-state index contributed by atoms with van der Waals surface area (Å²) in [5.41, 5.74) is 3.34. The molecule has 168 valence electrons. The highest BCUT2D eigenvalue weighted by atomic mass is 79.9. The van der Waals surface area contributed by atoms with Gasteiger partial charge in [-0.15, -0.1) is 0 Å². The lowest BCUT2D eigenvalue weighted by molar-refractivity contribution is -0.139. The van der Waals surface area contributed by atoms with Gasteiger partial charge in [0, 0.05) is 16.6 Å². The molecule has 1 aliphatic heterocycles. The van der Waals surface area contributed by atoms with E-state index in [1.807, 2.05) is 67.6 Å². The Morgan fingerprint density at radius 1 is 1.03 bits per heavy atom. The molecule has 0 aliphatic carbocycles. The molecular formula is C27H24BrNO4. The average Bonchev–Trinajstić information content (AvgIpc) is 3.09. The minimum atomic E-state index is -0.670. The number of carbonyl (C=O) groups is 2. The summed E-state index contributed by atoms with van der Waals surface area (Å²) < 4.78 is 6.11. The first kappa shape index (κ1) is 22.8. The summed E-state index contributed by atoms with van der Waals surface area (Å²) in [7, 11) is 1.61. The minimum Gasteiger partial charge on any atom is -0.507 e. The Hall–Kier alpha value is -3.38. The fourth-order valence-electron chi connectivity index (χ4n) is 4.08. The second kappa shape index (κ2) is 9.63. The summed E-state index contributed by atoms with van der Waals surface area (Å²) in [5.74, 6) is -0.678. The van der Waals surface area contributed by atoms with E-state index in [1.54, 1.807) is 24.1 Å². The third kappa shape index (κ3) is 4.57. The first-order valence-electron chi connectivity index (χ1n) is 10.6. The van der Waals surface area contributed by atoms with Gasteiger partial charge >= 0.3 is 0 Å². The summed E-state index contributed by atoms with van der Waals surface area (Å²) >= 11 is 3.46. The molecule has 1 amide bonds. The SMILES string of the molecule is COc1ccc(CCN2C(=O)C(=O)/C(=C(\O)c3ccc(Br)c(C)c3)C2c2ccccc2)cc1. The molecule has 0 spiro atoms. The summed E-state index contributed by atoms with van der Waals surface area (Å²) in [6.45, 7) is 2.25. The lowest BCUT2D eigenvalue weighted by Gasteiger charge is -2.25. The van der Waals surface area contributed by atoms with E-state index >= 15 is 0 Å². The fourth-order valence-corrected chi connectivity index (χ4v) is 4.33. The van der Waals surface area contributed by atoms with E-state index in [0.717, 1.165) is 26.9 Å². The molecule has 1 N–H and O–H groups in total. The van der Waals surface area contributed by atoms with Crippen LogP contribution in [0.2, 0.25) is 0 Å². The molecule has 1 atom stereocenters. The predicted octanol–water partition coefficient (Wildman–Crippen LogP) is 5.43. The lowest BCUT2D eigenvalue weighted by Crippen LogP contribution is -2.31. The average molecular weight is 506 g/mol. The molecule has 4 rings (SSSR count). The molecule has 3 aromatic rings. The number of amides is 1. The minimum absolute atomic E-state index is 0.114. The van der Waals surface area contributed by atoms with E-state index in [0.29, 0.717) is 18.5 Å². The molecule has 0 bridgehead atoms. The first-order chi connectivity index (χ1) is 15.9. The second-order valence-corrected chi connectivity index (χ2v) is 8.82. The summed E-state index contributed by atoms with van der Waals surface area (Å²) in [4.78, 5) is 27.8. The molecule has 0 aromatic heterocycles. The number of hydrogen-bond acceptors (Lipinski definition) is 4. The number of likely N-dealkylation sites (tertiary alicyclic amines) is 1. The van der Waals surface area contributed by atoms with Gasteiger partial charge in [0.05, 0.1) is 18.7 Å². The van der Waals surface area contributed by atoms with Crippen LogP contribution in [0.3, 0.4) is 0 Å². The van der Waals surface area contributed by atoms with Crippen molar-refractivity contribution in [2.75, 3.05) is 13.7 Å². The maximum Gasteiger partial charge on any atom is 0.295 e. The molecule has 1 aliphatic rings. The molecule has 1 saturated heterocycles. The number of rotatable bonds is 6. The number of halogens is 1. The van der Waals surface area contributed by atoms with Crippen molar-refractivity contribution in [1.82, 2.24) is 4.90 Å². The molecule has 0 radical (unpaired) electrons. The van der Waals surface area contributed by atoms with Crippen molar-refractivity contribution in [3.05, 3.63) is 105 Å². The summed E-state index contributed by atoms with van der Waals surface area (Å²) in [5, 5.41) is 11.2. The van der Waals surface area contributed by atoms with Crippen LogP contribution in [-0.4, -0.2) is 35.4 Å². The largest absolute Gasteiger partial charge is 0.507 e. The number of methoxy groups -OCH3 is 1. The van der Waals surface area contributed by atoms with Crippen LogP contribution < -0.4 is 4.74 Å². The normalized spacial score (nSPS) is 17.4. The number of Topliss-reactive ketones (excluding diaryl/α,β-unsaturated/α-hetero) is 1. The lowest BCUT2D eigenvalue weighted by atomic mass is 9.95. The van der Waals surface area contributed by atoms with Gasteiger partial charge in [0.2, 0.25) is 0 Å². The van der Waals surface area contributed by atoms with Crippen LogP contribution in [0.4, 0.5) is 0 Å². The Kier molecular flexibility index (Phi) is 6.65. The standard InChI is InChI=1S/C27H24BrNO4/c1-17-16-20(10-13-22(17)28)25(30)23-24(19-6-4-3-5-7-19)29(27(32)26(23)31)15-14-18-8-11-21(33-2)12-9-18/h3-13,16,24,30H,14-15H2,1-2H3/b25-23-. The molecule has 33 heavy (non-hydrogen) atoms. The van der Waals surface area contributed by atoms with E-state index in [2.05, 4.69) is 15.9 Å². The van der Waals surface area contributed by atoms with Crippen molar-refractivity contribution in [3.8, 4) is 5.75 Å². The Morgan fingerprint density at radius 3 is 2.36 bits per heavy atom. The molecule has 3 aromatic carbocycles. The number of benzene rings is 3. The van der Waals surface area contributed by atoms with Crippen molar-refractivity contribution in [2.24, 2.45) is 0 Å². The van der Waals surface area contributed by atoms with E-state index in [1.165, 1.54) is 0 Å². The Labute approximate surface area is 201 Å². The molecule has 0 saturated carbocycles. The highest BCUT2D eigenvalue weighted by molar-refractivity contribution is 9.10. The number of aliphatic hydroxyl groups is 1. The zero-order chi connectivity index (χ0) is 23.5. The van der Waals surface area contributed by atoms with E-state index in [-0.39, 0.29) is 11.3 Å². The van der Waals surface area contributed by atoms with Crippen LogP contribution in [-0.2, 0) is 16.0 Å². The topological polar surface area (TPSA) is 66.8 Å². The van der Waals surface area contributed by atoms with E-state index in [4.69, 9.17) is 4.74 Å². The monoisotopic (exact) mass is 505 g/mol. The number of aryl methyl sites for hydroxylation is 1. The van der Waals surface area contributed by atoms with Crippen LogP contribution in [0, 0.1) is 6.92 Å². The van der Waals surface area contributed by atoms with Crippen LogP contribution in [0.5, 0.6) is 5.75 Å². The van der Waals surface area contributed by atoms with Gasteiger partial charge in [0.15, 0.2) is 0 Å². The quantitative estimate of drug-likeness (QED) is 0.275. The second-order valence-electron chi connectivity index (χ2n) is 7.97. The van der Waals surface area contributed by atoms with Gasteiger partial charge in [0.25, 0.3) is 11.7 Å². The van der Waals surface area contributed by atoms with Crippen LogP contribution in [0.1, 0.15) is 28.3 Å². The van der Waals surface area contributed by atoms with Gasteiger partial charge in [-0.25, -0.2) is 0 Å². The van der Waals surface area contributed by atoms with Crippen LogP contribution in [0.25, 0.3) is 5.76 Å². The van der Waals surface area contributed by atoms with Crippen LogP contribution in [0.15, 0.2) is 82.8 Å². The van der Waals surface area contributed by atoms with Crippen molar-refractivity contribution in [3.63, 3.8) is 0 Å². The van der Waals surface area contributed by atoms with Gasteiger partial charge in [-0.2, -0.15) is 0 Å². The predicted molar refractivity (Wildman–Crippen MR) is 131 cm³/mol. The number of nitrogens with zero attached hydrogens (tertiary/aromatic N) is 1. The van der Waals surface area contributed by atoms with Crippen molar-refractivity contribution in [1.29, 1.82) is 0 Å². The Morgan fingerprint density at radius 2 is 1.73 bits per heavy atom. The van der Waals surface area contributed by atoms with Gasteiger partial charge in [0.1, 0.15) is 11.5 Å². The van der Waals surface area contributed by atoms with E-state index in [9.17, 15) is 14.7 Å². The molecular weight excluding hydrogens is 482 g/mol. The van der Waals surface area contributed by atoms with Gasteiger partial charge in [-0.1, -0.05) is 64.5 Å². The van der Waals surface area contributed by atoms with Gasteiger partial charge in [-0.05, 0) is 54.3 Å². The zero-order valence-electron chi connectivity index (χ0n) is 18.4. The highest BCUT2D eigenvalue weighted by Gasteiger charge is 2.45. The number of ether oxygens (including phenoxy) is 1. The Balaban J connectivity index is 1.74. The molecule has 1 heterocycles. The van der Waals surface area contributed by atoms with Gasteiger partial charge < -0.3 is 14.7 Å². The smallest absolute Gasteiger partial charge is 0.295 e. The summed E-state index contributed by atoms with van der Waals surface area (Å²) in [6.07, 6.45) is 0.567. The van der Waals surface area contributed by atoms with E-state index < -0.39 is 17.7 Å². The van der Waals surface area contributed by atoms with Crippen molar-refractivity contribution < 1.29 is 19.4 Å². The van der Waals surface area contributed by atoms with Crippen molar-refractivity contribution >= 4 is 33.4 Å². The number of hydrogen-bond donors (Lipinski definition) is 1. The first-order valence-corrected chi connectivity index (χ1v) is 11.4. The molecule has 1 fully saturated rings. The Bertz CT molecular complexity index is 1220. The summed E-state index contributed by atoms with van der Waals surface area (Å²) in [6, 6.07) is 21.7. The molecule has 6 heteroatoms.